The minimum absolute atomic E-state index is 0.166. The van der Waals surface area contributed by atoms with Gasteiger partial charge in [0.15, 0.2) is 0 Å². The number of hydrogen-bond donors (Lipinski definition) is 1. The van der Waals surface area contributed by atoms with Gasteiger partial charge in [-0.2, -0.15) is 0 Å². The second-order valence-corrected chi connectivity index (χ2v) is 7.23. The molecule has 0 saturated carbocycles. The predicted octanol–water partition coefficient (Wildman–Crippen LogP) is 2.62. The maximum absolute atomic E-state index is 4.77. The molecule has 18 heavy (non-hydrogen) atoms. The summed E-state index contributed by atoms with van der Waals surface area (Å²) in [5.74, 6) is 0. The van der Waals surface area contributed by atoms with Crippen LogP contribution in [-0.2, 0) is 12.0 Å². The van der Waals surface area contributed by atoms with Crippen molar-refractivity contribution in [2.24, 2.45) is 0 Å². The van der Waals surface area contributed by atoms with Crippen LogP contribution >= 0.6 is 11.3 Å². The summed E-state index contributed by atoms with van der Waals surface area (Å²) in [6, 6.07) is 0.667. The number of piperidine rings is 1. The highest BCUT2D eigenvalue weighted by Gasteiger charge is 2.21. The third kappa shape index (κ3) is 3.53. The first kappa shape index (κ1) is 14.0. The van der Waals surface area contributed by atoms with E-state index in [4.69, 9.17) is 4.98 Å². The molecule has 1 aromatic rings. The van der Waals surface area contributed by atoms with E-state index in [0.717, 1.165) is 13.1 Å². The lowest BCUT2D eigenvalue weighted by Gasteiger charge is -2.31. The van der Waals surface area contributed by atoms with Crippen LogP contribution in [0.25, 0.3) is 0 Å². The lowest BCUT2D eigenvalue weighted by molar-refractivity contribution is 0.195. The zero-order chi connectivity index (χ0) is 13.2. The number of nitrogens with one attached hydrogen (secondary N) is 1. The third-order valence-corrected chi connectivity index (χ3v) is 4.43. The quantitative estimate of drug-likeness (QED) is 0.912. The van der Waals surface area contributed by atoms with Crippen molar-refractivity contribution in [3.8, 4) is 0 Å². The van der Waals surface area contributed by atoms with Crippen molar-refractivity contribution >= 4 is 11.3 Å². The second kappa shape index (κ2) is 5.68. The first-order valence-electron chi connectivity index (χ1n) is 6.82. The Morgan fingerprint density at radius 2 is 2.28 bits per heavy atom. The molecule has 1 unspecified atom stereocenters. The average molecular weight is 267 g/mol. The van der Waals surface area contributed by atoms with Crippen LogP contribution in [0.3, 0.4) is 0 Å². The van der Waals surface area contributed by atoms with Crippen molar-refractivity contribution in [1.29, 1.82) is 0 Å². The van der Waals surface area contributed by atoms with E-state index in [1.807, 2.05) is 0 Å². The van der Waals surface area contributed by atoms with Gasteiger partial charge in [-0.15, -0.1) is 11.3 Å². The first-order chi connectivity index (χ1) is 8.47. The van der Waals surface area contributed by atoms with E-state index in [0.29, 0.717) is 6.04 Å². The SMILES string of the molecule is CN(Cc1nc(C(C)(C)C)cs1)C1CCCNC1. The number of likely N-dealkylation sites (N-methyl/N-ethyl adjacent to an activating group) is 1. The van der Waals surface area contributed by atoms with Crippen LogP contribution in [0, 0.1) is 0 Å². The molecule has 1 atom stereocenters. The minimum Gasteiger partial charge on any atom is -0.315 e. The summed E-state index contributed by atoms with van der Waals surface area (Å²) in [7, 11) is 2.22. The van der Waals surface area contributed by atoms with Crippen LogP contribution in [0.2, 0.25) is 0 Å². The van der Waals surface area contributed by atoms with Gasteiger partial charge in [0.25, 0.3) is 0 Å². The van der Waals surface area contributed by atoms with E-state index in [1.165, 1.54) is 30.1 Å². The Labute approximate surface area is 115 Å². The highest BCUT2D eigenvalue weighted by atomic mass is 32.1. The van der Waals surface area contributed by atoms with Crippen molar-refractivity contribution < 1.29 is 0 Å². The largest absolute Gasteiger partial charge is 0.315 e. The Kier molecular flexibility index (Phi) is 4.41. The highest BCUT2D eigenvalue weighted by Crippen LogP contribution is 2.24. The standard InChI is InChI=1S/C14H25N3S/c1-14(2,3)12-10-18-13(16-12)9-17(4)11-6-5-7-15-8-11/h10-11,15H,5-9H2,1-4H3. The molecule has 3 nitrogen and oxygen atoms in total. The Hall–Kier alpha value is -0.450. The molecule has 0 bridgehead atoms. The molecule has 1 aliphatic rings. The second-order valence-electron chi connectivity index (χ2n) is 6.29. The topological polar surface area (TPSA) is 28.2 Å². The van der Waals surface area contributed by atoms with E-state index in [-0.39, 0.29) is 5.41 Å². The van der Waals surface area contributed by atoms with Gasteiger partial charge in [-0.05, 0) is 26.4 Å². The van der Waals surface area contributed by atoms with Crippen molar-refractivity contribution in [3.05, 3.63) is 16.1 Å². The number of nitrogens with zero attached hydrogens (tertiary/aromatic N) is 2. The molecular weight excluding hydrogens is 242 g/mol. The summed E-state index contributed by atoms with van der Waals surface area (Å²) in [6.45, 7) is 9.94. The summed E-state index contributed by atoms with van der Waals surface area (Å²) in [4.78, 5) is 7.21. The van der Waals surface area contributed by atoms with E-state index in [1.54, 1.807) is 11.3 Å². The summed E-state index contributed by atoms with van der Waals surface area (Å²) < 4.78 is 0. The number of hydrogen-bond acceptors (Lipinski definition) is 4. The van der Waals surface area contributed by atoms with Crippen LogP contribution in [0.15, 0.2) is 5.38 Å². The lowest BCUT2D eigenvalue weighted by Crippen LogP contribution is -2.43. The zero-order valence-electron chi connectivity index (χ0n) is 12.0. The van der Waals surface area contributed by atoms with Crippen molar-refractivity contribution in [2.45, 2.75) is 51.6 Å². The molecule has 0 amide bonds. The molecule has 1 fully saturated rings. The average Bonchev–Trinajstić information content (AvgIpc) is 2.78. The van der Waals surface area contributed by atoms with Gasteiger partial charge in [0.2, 0.25) is 0 Å². The van der Waals surface area contributed by atoms with Gasteiger partial charge >= 0.3 is 0 Å². The molecular formula is C14H25N3S. The van der Waals surface area contributed by atoms with E-state index in [2.05, 4.69) is 43.4 Å². The monoisotopic (exact) mass is 267 g/mol. The van der Waals surface area contributed by atoms with Gasteiger partial charge in [0.1, 0.15) is 5.01 Å². The normalized spacial score (nSPS) is 21.5. The van der Waals surface area contributed by atoms with Crippen LogP contribution in [0.4, 0.5) is 0 Å². The summed E-state index contributed by atoms with van der Waals surface area (Å²) in [6.07, 6.45) is 2.60. The molecule has 0 radical (unpaired) electrons. The third-order valence-electron chi connectivity index (χ3n) is 3.60. The Morgan fingerprint density at radius 3 is 2.83 bits per heavy atom. The summed E-state index contributed by atoms with van der Waals surface area (Å²) in [5.41, 5.74) is 1.39. The molecule has 1 aromatic heterocycles. The molecule has 1 aliphatic heterocycles. The van der Waals surface area contributed by atoms with Crippen LogP contribution in [-0.4, -0.2) is 36.1 Å². The van der Waals surface area contributed by atoms with Gasteiger partial charge in [-0.25, -0.2) is 4.98 Å². The Balaban J connectivity index is 1.94. The molecule has 1 saturated heterocycles. The fourth-order valence-electron chi connectivity index (χ4n) is 2.28. The molecule has 102 valence electrons. The van der Waals surface area contributed by atoms with Crippen molar-refractivity contribution in [1.82, 2.24) is 15.2 Å². The van der Waals surface area contributed by atoms with Gasteiger partial charge in [0, 0.05) is 23.4 Å². The molecule has 0 spiro atoms. The number of rotatable bonds is 3. The van der Waals surface area contributed by atoms with Crippen LogP contribution in [0.5, 0.6) is 0 Å². The summed E-state index contributed by atoms with van der Waals surface area (Å²) in [5, 5.41) is 6.93. The molecule has 2 rings (SSSR count). The first-order valence-corrected chi connectivity index (χ1v) is 7.70. The lowest BCUT2D eigenvalue weighted by atomic mass is 9.93. The summed E-state index contributed by atoms with van der Waals surface area (Å²) >= 11 is 1.80. The van der Waals surface area contributed by atoms with Gasteiger partial charge in [0.05, 0.1) is 12.2 Å². The Morgan fingerprint density at radius 1 is 1.50 bits per heavy atom. The molecule has 0 aromatic carbocycles. The van der Waals surface area contributed by atoms with Gasteiger partial charge < -0.3 is 5.32 Å². The zero-order valence-corrected chi connectivity index (χ0v) is 12.8. The van der Waals surface area contributed by atoms with Crippen LogP contribution in [0.1, 0.15) is 44.3 Å². The van der Waals surface area contributed by atoms with Crippen molar-refractivity contribution in [3.63, 3.8) is 0 Å². The fourth-order valence-corrected chi connectivity index (χ4v) is 3.36. The molecule has 2 heterocycles. The number of thiazole rings is 1. The van der Waals surface area contributed by atoms with E-state index >= 15 is 0 Å². The van der Waals surface area contributed by atoms with E-state index < -0.39 is 0 Å². The van der Waals surface area contributed by atoms with Gasteiger partial charge in [-0.1, -0.05) is 20.8 Å². The molecule has 1 N–H and O–H groups in total. The van der Waals surface area contributed by atoms with Crippen molar-refractivity contribution in [2.75, 3.05) is 20.1 Å². The number of aromatic nitrogens is 1. The van der Waals surface area contributed by atoms with E-state index in [9.17, 15) is 0 Å². The van der Waals surface area contributed by atoms with Crippen LogP contribution < -0.4 is 5.32 Å². The fraction of sp³-hybridized carbons (Fsp3) is 0.786. The van der Waals surface area contributed by atoms with Gasteiger partial charge in [-0.3, -0.25) is 4.90 Å². The molecule has 0 aliphatic carbocycles. The Bertz CT molecular complexity index is 375. The minimum atomic E-state index is 0.166. The molecule has 4 heteroatoms. The maximum atomic E-state index is 4.77. The highest BCUT2D eigenvalue weighted by molar-refractivity contribution is 7.09. The maximum Gasteiger partial charge on any atom is 0.107 e. The predicted molar refractivity (Wildman–Crippen MR) is 78.2 cm³/mol. The smallest absolute Gasteiger partial charge is 0.107 e.